The van der Waals surface area contributed by atoms with Gasteiger partial charge in [-0.25, -0.2) is 0 Å². The molecule has 0 saturated heterocycles. The largest absolute Gasteiger partial charge is 0.452 e. The lowest BCUT2D eigenvalue weighted by molar-refractivity contribution is -0.273. The van der Waals surface area contributed by atoms with Gasteiger partial charge in [0.1, 0.15) is 0 Å². The molecule has 0 spiro atoms. The van der Waals surface area contributed by atoms with Crippen LogP contribution in [-0.2, 0) is 0 Å². The van der Waals surface area contributed by atoms with E-state index >= 15 is 0 Å². The van der Waals surface area contributed by atoms with Gasteiger partial charge in [-0.3, -0.25) is 0 Å². The van der Waals surface area contributed by atoms with Crippen LogP contribution in [0.25, 0.3) is 0 Å². The number of hydrogen-bond donors (Lipinski definition) is 0. The van der Waals surface area contributed by atoms with Crippen molar-refractivity contribution in [2.45, 2.75) is 51.9 Å². The van der Waals surface area contributed by atoms with Gasteiger partial charge in [0.05, 0.1) is 0 Å². The quantitative estimate of drug-likeness (QED) is 0.523. The highest BCUT2D eigenvalue weighted by Crippen LogP contribution is 2.34. The molecule has 0 amide bonds. The standard InChI is InChI=1S/2C3H3F5.C2H6/c2*1-2(4,5)3(6,7)8;1-2/h2*1H3;1-2H3. The van der Waals surface area contributed by atoms with Gasteiger partial charge in [-0.05, 0) is 0 Å². The summed E-state index contributed by atoms with van der Waals surface area (Å²) in [5.41, 5.74) is 0. The summed E-state index contributed by atoms with van der Waals surface area (Å²) in [6.07, 6.45) is -10.8. The van der Waals surface area contributed by atoms with Crippen LogP contribution in [0.15, 0.2) is 0 Å². The Morgan fingerprint density at radius 1 is 0.444 bits per heavy atom. The van der Waals surface area contributed by atoms with Crippen LogP contribution in [0.2, 0.25) is 0 Å². The first-order valence-electron chi connectivity index (χ1n) is 4.39. The van der Waals surface area contributed by atoms with Crippen LogP contribution in [0.4, 0.5) is 43.9 Å². The zero-order chi connectivity index (χ0) is 16.0. The molecular formula is C8H12F10. The molecule has 0 radical (unpaired) electrons. The lowest BCUT2D eigenvalue weighted by atomic mass is 10.4. The zero-order valence-electron chi connectivity index (χ0n) is 9.78. The lowest BCUT2D eigenvalue weighted by Gasteiger charge is -2.12. The number of alkyl halides is 10. The maximum atomic E-state index is 11.1. The normalized spacial score (nSPS) is 13.0. The van der Waals surface area contributed by atoms with Crippen molar-refractivity contribution < 1.29 is 43.9 Å². The minimum Gasteiger partial charge on any atom is -0.197 e. The summed E-state index contributed by atoms with van der Waals surface area (Å²) >= 11 is 0. The summed E-state index contributed by atoms with van der Waals surface area (Å²) in [5.74, 6) is -9.12. The van der Waals surface area contributed by atoms with Gasteiger partial charge in [0, 0.05) is 13.8 Å². The van der Waals surface area contributed by atoms with E-state index < -0.39 is 24.2 Å². The second-order valence-corrected chi connectivity index (χ2v) is 2.77. The third kappa shape index (κ3) is 10.5. The van der Waals surface area contributed by atoms with Crippen LogP contribution in [0.5, 0.6) is 0 Å². The van der Waals surface area contributed by atoms with E-state index in [2.05, 4.69) is 0 Å². The Hall–Kier alpha value is -0.700. The highest BCUT2D eigenvalue weighted by atomic mass is 19.4. The Kier molecular flexibility index (Phi) is 8.78. The van der Waals surface area contributed by atoms with Gasteiger partial charge in [0.15, 0.2) is 0 Å². The molecule has 0 aromatic rings. The minimum atomic E-state index is -5.40. The predicted molar refractivity (Wildman–Crippen MR) is 44.7 cm³/mol. The van der Waals surface area contributed by atoms with E-state index in [1.54, 1.807) is 0 Å². The number of halogens is 10. The van der Waals surface area contributed by atoms with Gasteiger partial charge in [-0.15, -0.1) is 0 Å². The van der Waals surface area contributed by atoms with Gasteiger partial charge in [-0.1, -0.05) is 13.8 Å². The minimum absolute atomic E-state index is 0.188. The van der Waals surface area contributed by atoms with E-state index in [4.69, 9.17) is 0 Å². The molecule has 0 unspecified atom stereocenters. The van der Waals surface area contributed by atoms with Crippen molar-refractivity contribution in [3.8, 4) is 0 Å². The molecular weight excluding hydrogens is 286 g/mol. The van der Waals surface area contributed by atoms with E-state index in [-0.39, 0.29) is 13.8 Å². The molecule has 0 aliphatic heterocycles. The fourth-order valence-electron chi connectivity index (χ4n) is 0. The zero-order valence-corrected chi connectivity index (χ0v) is 9.78. The van der Waals surface area contributed by atoms with E-state index in [9.17, 15) is 43.9 Å². The first-order valence-corrected chi connectivity index (χ1v) is 4.39. The monoisotopic (exact) mass is 298 g/mol. The molecule has 0 N–H and O–H groups in total. The first kappa shape index (κ1) is 22.5. The third-order valence-corrected chi connectivity index (χ3v) is 0.996. The molecule has 0 saturated carbocycles. The maximum Gasteiger partial charge on any atom is 0.452 e. The van der Waals surface area contributed by atoms with Gasteiger partial charge >= 0.3 is 24.2 Å². The molecule has 0 fully saturated rings. The lowest BCUT2D eigenvalue weighted by Crippen LogP contribution is -2.32. The van der Waals surface area contributed by atoms with Gasteiger partial charge in [-0.2, -0.15) is 43.9 Å². The number of rotatable bonds is 0. The molecule has 10 heteroatoms. The molecule has 0 nitrogen and oxygen atoms in total. The SMILES string of the molecule is CC.CC(F)(F)C(F)(F)F.CC(F)(F)C(F)(F)F. The van der Waals surface area contributed by atoms with Crippen molar-refractivity contribution in [3.05, 3.63) is 0 Å². The van der Waals surface area contributed by atoms with Crippen LogP contribution < -0.4 is 0 Å². The summed E-state index contributed by atoms with van der Waals surface area (Å²) < 4.78 is 109. The average Bonchev–Trinajstić information content (AvgIpc) is 2.01. The highest BCUT2D eigenvalue weighted by molar-refractivity contribution is 4.68. The van der Waals surface area contributed by atoms with Crippen LogP contribution in [0, 0.1) is 0 Å². The Morgan fingerprint density at radius 3 is 0.500 bits per heavy atom. The third-order valence-electron chi connectivity index (χ3n) is 0.996. The molecule has 0 aliphatic rings. The Morgan fingerprint density at radius 2 is 0.500 bits per heavy atom. The second kappa shape index (κ2) is 7.03. The van der Waals surface area contributed by atoms with Crippen LogP contribution in [0.1, 0.15) is 27.7 Å². The topological polar surface area (TPSA) is 0 Å². The number of hydrogen-bond acceptors (Lipinski definition) is 0. The average molecular weight is 298 g/mol. The molecule has 114 valence electrons. The van der Waals surface area contributed by atoms with Crippen molar-refractivity contribution in [3.63, 3.8) is 0 Å². The Labute approximate surface area is 97.0 Å². The molecule has 0 aromatic carbocycles. The summed E-state index contributed by atoms with van der Waals surface area (Å²) in [7, 11) is 0. The van der Waals surface area contributed by atoms with Gasteiger partial charge in [0.25, 0.3) is 0 Å². The van der Waals surface area contributed by atoms with Crippen LogP contribution in [-0.4, -0.2) is 24.2 Å². The van der Waals surface area contributed by atoms with E-state index in [1.165, 1.54) is 0 Å². The van der Waals surface area contributed by atoms with Crippen LogP contribution in [0.3, 0.4) is 0 Å². The smallest absolute Gasteiger partial charge is 0.197 e. The van der Waals surface area contributed by atoms with E-state index in [0.717, 1.165) is 0 Å². The summed E-state index contributed by atoms with van der Waals surface area (Å²) in [5, 5.41) is 0. The van der Waals surface area contributed by atoms with E-state index in [0.29, 0.717) is 0 Å². The molecule has 0 aromatic heterocycles. The van der Waals surface area contributed by atoms with Crippen molar-refractivity contribution >= 4 is 0 Å². The first-order chi connectivity index (χ1) is 7.50. The fourth-order valence-corrected chi connectivity index (χ4v) is 0. The van der Waals surface area contributed by atoms with Crippen molar-refractivity contribution in [2.24, 2.45) is 0 Å². The fraction of sp³-hybridized carbons (Fsp3) is 1.00. The molecule has 0 atom stereocenters. The summed E-state index contributed by atoms with van der Waals surface area (Å²) in [6, 6.07) is 0. The molecule has 18 heavy (non-hydrogen) atoms. The van der Waals surface area contributed by atoms with E-state index in [1.807, 2.05) is 13.8 Å². The molecule has 0 heterocycles. The predicted octanol–water partition coefficient (Wildman–Crippen LogP) is 5.43. The maximum absolute atomic E-state index is 11.1. The summed E-state index contributed by atoms with van der Waals surface area (Å²) in [6.45, 7) is 3.62. The highest BCUT2D eigenvalue weighted by Gasteiger charge is 2.53. The van der Waals surface area contributed by atoms with Crippen molar-refractivity contribution in [1.82, 2.24) is 0 Å². The van der Waals surface area contributed by atoms with Crippen LogP contribution >= 0.6 is 0 Å². The van der Waals surface area contributed by atoms with Gasteiger partial charge in [0.2, 0.25) is 0 Å². The molecule has 0 rings (SSSR count). The second-order valence-electron chi connectivity index (χ2n) is 2.77. The molecule has 0 bridgehead atoms. The molecule has 0 aliphatic carbocycles. The summed E-state index contributed by atoms with van der Waals surface area (Å²) in [4.78, 5) is 0. The van der Waals surface area contributed by atoms with Crippen molar-refractivity contribution in [1.29, 1.82) is 0 Å². The van der Waals surface area contributed by atoms with Gasteiger partial charge < -0.3 is 0 Å². The Bertz CT molecular complexity index is 152. The van der Waals surface area contributed by atoms with Crippen molar-refractivity contribution in [2.75, 3.05) is 0 Å². The Balaban J connectivity index is -0.000000219.